The van der Waals surface area contributed by atoms with Crippen molar-refractivity contribution in [1.82, 2.24) is 10.2 Å². The topological polar surface area (TPSA) is 56.5 Å². The molecule has 2 saturated carbocycles. The summed E-state index contributed by atoms with van der Waals surface area (Å²) in [7, 11) is 0. The standard InChI is InChI=1S/C21H29F3N3O2/c22-21(23,24)16-10-15-12-26(9-8-19(15)27(29)13-16)20(28)14-6-7-18(11-14)25-17-4-2-1-3-5-17/h10,13-14,17-18,25,29H,1-9,11-12H2/q+1/t14?,18-/m1/s1. The average molecular weight is 412 g/mol. The minimum absolute atomic E-state index is 0.0329. The number of fused-ring (bicyclic) bond motifs is 1. The lowest BCUT2D eigenvalue weighted by atomic mass is 9.94. The molecule has 1 amide bonds. The van der Waals surface area contributed by atoms with Gasteiger partial charge in [-0.05, 0) is 38.2 Å². The SMILES string of the molecule is O=C(C1CC[C@@H](NC2CCCCC2)C1)N1CCc2c(cc(C(F)(F)F)c[n+]2O)C1. The first-order valence-electron chi connectivity index (χ1n) is 10.7. The molecule has 2 aliphatic carbocycles. The zero-order valence-corrected chi connectivity index (χ0v) is 16.5. The van der Waals surface area contributed by atoms with Gasteiger partial charge in [0.15, 0.2) is 0 Å². The predicted octanol–water partition coefficient (Wildman–Crippen LogP) is 3.21. The first-order valence-corrected chi connectivity index (χ1v) is 10.7. The van der Waals surface area contributed by atoms with E-state index in [1.807, 2.05) is 0 Å². The number of halogens is 3. The van der Waals surface area contributed by atoms with Gasteiger partial charge in [0, 0.05) is 34.8 Å². The highest BCUT2D eigenvalue weighted by molar-refractivity contribution is 5.79. The number of pyridine rings is 1. The summed E-state index contributed by atoms with van der Waals surface area (Å²) in [5.41, 5.74) is -0.0761. The maximum atomic E-state index is 13.1. The van der Waals surface area contributed by atoms with E-state index in [-0.39, 0.29) is 18.4 Å². The van der Waals surface area contributed by atoms with Crippen molar-refractivity contribution in [1.29, 1.82) is 0 Å². The van der Waals surface area contributed by atoms with Gasteiger partial charge in [-0.1, -0.05) is 19.3 Å². The van der Waals surface area contributed by atoms with Crippen molar-refractivity contribution >= 4 is 5.91 Å². The van der Waals surface area contributed by atoms with Crippen molar-refractivity contribution in [3.05, 3.63) is 29.1 Å². The minimum atomic E-state index is -4.53. The third kappa shape index (κ3) is 4.52. The minimum Gasteiger partial charge on any atom is -0.337 e. The molecule has 1 aromatic rings. The summed E-state index contributed by atoms with van der Waals surface area (Å²) in [6, 6.07) is 1.98. The molecule has 29 heavy (non-hydrogen) atoms. The predicted molar refractivity (Wildman–Crippen MR) is 99.1 cm³/mol. The molecule has 0 radical (unpaired) electrons. The van der Waals surface area contributed by atoms with Crippen LogP contribution in [0.25, 0.3) is 0 Å². The monoisotopic (exact) mass is 412 g/mol. The molecule has 2 fully saturated rings. The number of alkyl halides is 3. The van der Waals surface area contributed by atoms with E-state index < -0.39 is 11.7 Å². The first kappa shape index (κ1) is 20.4. The number of hydrogen-bond acceptors (Lipinski definition) is 3. The van der Waals surface area contributed by atoms with Gasteiger partial charge in [0.05, 0.1) is 13.0 Å². The van der Waals surface area contributed by atoms with Crippen molar-refractivity contribution < 1.29 is 27.9 Å². The lowest BCUT2D eigenvalue weighted by molar-refractivity contribution is -0.910. The molecular formula is C21H29F3N3O2+. The van der Waals surface area contributed by atoms with Crippen LogP contribution in [0.15, 0.2) is 12.3 Å². The van der Waals surface area contributed by atoms with Crippen molar-refractivity contribution in [2.75, 3.05) is 6.54 Å². The third-order valence-electron chi connectivity index (χ3n) is 6.72. The Balaban J connectivity index is 1.39. The summed E-state index contributed by atoms with van der Waals surface area (Å²) in [6.07, 6.45) is 5.40. The van der Waals surface area contributed by atoms with Crippen LogP contribution >= 0.6 is 0 Å². The molecule has 0 aromatic carbocycles. The summed E-state index contributed by atoms with van der Waals surface area (Å²) in [5, 5.41) is 13.7. The fourth-order valence-electron chi connectivity index (χ4n) is 5.16. The van der Waals surface area contributed by atoms with Crippen LogP contribution in [-0.4, -0.2) is 34.6 Å². The second kappa shape index (κ2) is 8.13. The molecule has 0 saturated heterocycles. The van der Waals surface area contributed by atoms with Crippen molar-refractivity contribution in [2.24, 2.45) is 5.92 Å². The van der Waals surface area contributed by atoms with Crippen LogP contribution in [0.3, 0.4) is 0 Å². The molecular weight excluding hydrogens is 383 g/mol. The number of hydrogen-bond donors (Lipinski definition) is 2. The molecule has 0 spiro atoms. The number of aromatic nitrogens is 1. The molecule has 4 rings (SSSR count). The summed E-state index contributed by atoms with van der Waals surface area (Å²) in [4.78, 5) is 14.7. The lowest BCUT2D eigenvalue weighted by Gasteiger charge is -2.29. The number of rotatable bonds is 3. The fourth-order valence-corrected chi connectivity index (χ4v) is 5.16. The lowest BCUT2D eigenvalue weighted by Crippen LogP contribution is -2.46. The van der Waals surface area contributed by atoms with Crippen molar-refractivity contribution in [2.45, 2.75) is 82.6 Å². The second-order valence-electron chi connectivity index (χ2n) is 8.76. The fraction of sp³-hybridized carbons (Fsp3) is 0.714. The maximum absolute atomic E-state index is 13.1. The van der Waals surface area contributed by atoms with E-state index >= 15 is 0 Å². The van der Waals surface area contributed by atoms with Crippen molar-refractivity contribution in [3.63, 3.8) is 0 Å². The van der Waals surface area contributed by atoms with Crippen LogP contribution in [0.5, 0.6) is 0 Å². The van der Waals surface area contributed by atoms with Gasteiger partial charge >= 0.3 is 6.18 Å². The normalized spacial score (nSPS) is 25.8. The Hall–Kier alpha value is -1.83. The van der Waals surface area contributed by atoms with Crippen LogP contribution in [0.1, 0.15) is 68.2 Å². The van der Waals surface area contributed by atoms with E-state index in [2.05, 4.69) is 5.32 Å². The van der Waals surface area contributed by atoms with E-state index in [1.165, 1.54) is 32.1 Å². The molecule has 1 aromatic heterocycles. The molecule has 8 heteroatoms. The van der Waals surface area contributed by atoms with Gasteiger partial charge in [0.1, 0.15) is 5.56 Å². The zero-order chi connectivity index (χ0) is 20.6. The number of carbonyl (C=O) groups is 1. The number of nitrogens with zero attached hydrogens (tertiary/aromatic N) is 2. The van der Waals surface area contributed by atoms with Gasteiger partial charge in [-0.25, -0.2) is 0 Å². The molecule has 2 N–H and O–H groups in total. The van der Waals surface area contributed by atoms with Gasteiger partial charge in [-0.3, -0.25) is 10.0 Å². The average Bonchev–Trinajstić information content (AvgIpc) is 3.15. The maximum Gasteiger partial charge on any atom is 0.422 e. The molecule has 3 aliphatic rings. The van der Waals surface area contributed by atoms with Crippen LogP contribution < -0.4 is 10.0 Å². The highest BCUT2D eigenvalue weighted by atomic mass is 19.4. The Labute approximate surface area is 168 Å². The first-order chi connectivity index (χ1) is 13.8. The summed E-state index contributed by atoms with van der Waals surface area (Å²) >= 11 is 0. The van der Waals surface area contributed by atoms with E-state index in [4.69, 9.17) is 0 Å². The third-order valence-corrected chi connectivity index (χ3v) is 6.72. The quantitative estimate of drug-likeness (QED) is 0.592. The van der Waals surface area contributed by atoms with Crippen LogP contribution in [0, 0.1) is 5.92 Å². The molecule has 1 unspecified atom stereocenters. The van der Waals surface area contributed by atoms with Crippen molar-refractivity contribution in [3.8, 4) is 0 Å². The largest absolute Gasteiger partial charge is 0.422 e. The van der Waals surface area contributed by atoms with Crippen LogP contribution in [0.2, 0.25) is 0 Å². The molecule has 0 bridgehead atoms. The van der Waals surface area contributed by atoms with Gasteiger partial charge in [-0.15, -0.1) is 0 Å². The molecule has 2 atom stereocenters. The van der Waals surface area contributed by atoms with Gasteiger partial charge in [0.2, 0.25) is 17.8 Å². The number of carbonyl (C=O) groups excluding carboxylic acids is 1. The van der Waals surface area contributed by atoms with E-state index in [0.29, 0.717) is 47.2 Å². The van der Waals surface area contributed by atoms with Crippen LogP contribution in [-0.2, 0) is 23.9 Å². The second-order valence-corrected chi connectivity index (χ2v) is 8.76. The zero-order valence-electron chi connectivity index (χ0n) is 16.5. The molecule has 160 valence electrons. The Morgan fingerprint density at radius 2 is 1.90 bits per heavy atom. The number of amides is 1. The van der Waals surface area contributed by atoms with E-state index in [0.717, 1.165) is 25.3 Å². The highest BCUT2D eigenvalue weighted by Gasteiger charge is 2.39. The summed E-state index contributed by atoms with van der Waals surface area (Å²) in [6.45, 7) is 0.546. The summed E-state index contributed by atoms with van der Waals surface area (Å²) < 4.78 is 39.8. The van der Waals surface area contributed by atoms with Gasteiger partial charge in [-0.2, -0.15) is 13.2 Å². The Morgan fingerprint density at radius 1 is 1.14 bits per heavy atom. The number of nitrogens with one attached hydrogen (secondary N) is 1. The Morgan fingerprint density at radius 3 is 2.62 bits per heavy atom. The van der Waals surface area contributed by atoms with E-state index in [9.17, 15) is 23.2 Å². The van der Waals surface area contributed by atoms with Gasteiger partial charge in [0.25, 0.3) is 0 Å². The highest BCUT2D eigenvalue weighted by Crippen LogP contribution is 2.33. The molecule has 2 heterocycles. The van der Waals surface area contributed by atoms with Crippen LogP contribution in [0.4, 0.5) is 13.2 Å². The van der Waals surface area contributed by atoms with E-state index in [1.54, 1.807) is 4.90 Å². The molecule has 1 aliphatic heterocycles. The van der Waals surface area contributed by atoms with Gasteiger partial charge < -0.3 is 10.2 Å². The molecule has 5 nitrogen and oxygen atoms in total. The summed E-state index contributed by atoms with van der Waals surface area (Å²) in [5.74, 6) is -0.0322. The Kier molecular flexibility index (Phi) is 5.73. The smallest absolute Gasteiger partial charge is 0.337 e. The Bertz CT molecular complexity index is 762.